The third-order valence-corrected chi connectivity index (χ3v) is 5.66. The molecule has 0 saturated heterocycles. The molecule has 0 aliphatic heterocycles. The van der Waals surface area contributed by atoms with E-state index in [9.17, 15) is 0 Å². The van der Waals surface area contributed by atoms with Crippen molar-refractivity contribution in [2.24, 2.45) is 17.3 Å². The summed E-state index contributed by atoms with van der Waals surface area (Å²) in [5.41, 5.74) is 16.1. The van der Waals surface area contributed by atoms with Crippen LogP contribution in [0.4, 0.5) is 11.4 Å². The van der Waals surface area contributed by atoms with E-state index in [1.807, 2.05) is 24.3 Å². The third-order valence-electron chi connectivity index (χ3n) is 5.66. The standard InChI is InChI=1S/C22H24N2/c1-22(2)20(14-6-10-16(23)11-7-14)18-4-3-5-19(18)21(22)15-8-12-17(24)13-9-15/h3-4,6-13,18-19H,5,23-24H2,1-2H3. The molecule has 0 amide bonds. The van der Waals surface area contributed by atoms with Crippen molar-refractivity contribution in [2.75, 3.05) is 11.5 Å². The van der Waals surface area contributed by atoms with Crippen LogP contribution in [0.2, 0.25) is 0 Å². The maximum absolute atomic E-state index is 5.89. The van der Waals surface area contributed by atoms with Crippen LogP contribution in [-0.4, -0.2) is 0 Å². The predicted molar refractivity (Wildman–Crippen MR) is 101 cm³/mol. The van der Waals surface area contributed by atoms with Gasteiger partial charge in [-0.25, -0.2) is 0 Å². The number of fused-ring (bicyclic) bond motifs is 1. The number of hydrogen-bond donors (Lipinski definition) is 2. The molecule has 2 radical (unpaired) electrons. The summed E-state index contributed by atoms with van der Waals surface area (Å²) in [6.45, 7) is 4.72. The Morgan fingerprint density at radius 1 is 0.792 bits per heavy atom. The van der Waals surface area contributed by atoms with E-state index in [2.05, 4.69) is 50.3 Å². The van der Waals surface area contributed by atoms with Gasteiger partial charge in [-0.05, 0) is 59.1 Å². The molecule has 2 aromatic carbocycles. The summed E-state index contributed by atoms with van der Waals surface area (Å²) in [7, 11) is 0. The number of rotatable bonds is 2. The zero-order valence-corrected chi connectivity index (χ0v) is 14.3. The second kappa shape index (κ2) is 5.41. The Labute approximate surface area is 144 Å². The van der Waals surface area contributed by atoms with Crippen molar-refractivity contribution in [1.82, 2.24) is 0 Å². The zero-order chi connectivity index (χ0) is 16.9. The van der Waals surface area contributed by atoms with E-state index < -0.39 is 0 Å². The van der Waals surface area contributed by atoms with Gasteiger partial charge in [-0.3, -0.25) is 0 Å². The second-order valence-corrected chi connectivity index (χ2v) is 7.49. The van der Waals surface area contributed by atoms with Crippen LogP contribution >= 0.6 is 0 Å². The minimum atomic E-state index is 0.0202. The van der Waals surface area contributed by atoms with Crippen molar-refractivity contribution in [2.45, 2.75) is 20.3 Å². The molecule has 4 rings (SSSR count). The van der Waals surface area contributed by atoms with Crippen molar-refractivity contribution in [3.63, 3.8) is 0 Å². The van der Waals surface area contributed by atoms with E-state index in [-0.39, 0.29) is 5.41 Å². The number of nitrogens with two attached hydrogens (primary N) is 2. The minimum absolute atomic E-state index is 0.0202. The van der Waals surface area contributed by atoms with Crippen LogP contribution < -0.4 is 11.5 Å². The van der Waals surface area contributed by atoms with Crippen LogP contribution in [0.5, 0.6) is 0 Å². The Morgan fingerprint density at radius 2 is 1.29 bits per heavy atom. The first kappa shape index (κ1) is 15.3. The highest BCUT2D eigenvalue weighted by atomic mass is 14.6. The van der Waals surface area contributed by atoms with E-state index in [1.54, 1.807) is 0 Å². The lowest BCUT2D eigenvalue weighted by molar-refractivity contribution is 0.451. The van der Waals surface area contributed by atoms with Crippen molar-refractivity contribution < 1.29 is 0 Å². The maximum Gasteiger partial charge on any atom is 0.0314 e. The first-order valence-electron chi connectivity index (χ1n) is 8.61. The van der Waals surface area contributed by atoms with E-state index in [0.29, 0.717) is 11.8 Å². The average Bonchev–Trinajstić information content (AvgIpc) is 3.07. The number of benzene rings is 2. The molecule has 4 N–H and O–H groups in total. The largest absolute Gasteiger partial charge is 0.399 e. The minimum Gasteiger partial charge on any atom is -0.399 e. The van der Waals surface area contributed by atoms with Crippen LogP contribution in [0, 0.1) is 29.1 Å². The summed E-state index contributed by atoms with van der Waals surface area (Å²) in [5, 5.41) is 0. The van der Waals surface area contributed by atoms with Gasteiger partial charge in [0.1, 0.15) is 0 Å². The summed E-state index contributed by atoms with van der Waals surface area (Å²) in [6.07, 6.45) is 5.84. The Bertz CT molecular complexity index is 756. The van der Waals surface area contributed by atoms with Gasteiger partial charge in [0.05, 0.1) is 0 Å². The lowest BCUT2D eigenvalue weighted by Crippen LogP contribution is -2.26. The van der Waals surface area contributed by atoms with Gasteiger partial charge in [-0.15, -0.1) is 0 Å². The molecule has 122 valence electrons. The zero-order valence-electron chi connectivity index (χ0n) is 14.3. The molecule has 2 atom stereocenters. The molecule has 2 aromatic rings. The lowest BCUT2D eigenvalue weighted by Gasteiger charge is -2.35. The van der Waals surface area contributed by atoms with E-state index in [0.717, 1.165) is 17.8 Å². The van der Waals surface area contributed by atoms with Gasteiger partial charge >= 0.3 is 0 Å². The van der Waals surface area contributed by atoms with Crippen molar-refractivity contribution in [3.05, 3.63) is 83.6 Å². The fourth-order valence-corrected chi connectivity index (χ4v) is 4.73. The molecule has 2 heteroatoms. The molecule has 0 aromatic heterocycles. The monoisotopic (exact) mass is 316 g/mol. The molecule has 2 nitrogen and oxygen atoms in total. The van der Waals surface area contributed by atoms with Crippen LogP contribution in [0.3, 0.4) is 0 Å². The topological polar surface area (TPSA) is 52.0 Å². The van der Waals surface area contributed by atoms with Gasteiger partial charge in [0, 0.05) is 23.2 Å². The lowest BCUT2D eigenvalue weighted by atomic mass is 9.68. The van der Waals surface area contributed by atoms with Gasteiger partial charge < -0.3 is 11.5 Å². The summed E-state index contributed by atoms with van der Waals surface area (Å²) >= 11 is 0. The molecular weight excluding hydrogens is 292 g/mol. The normalized spacial score (nSPS) is 25.9. The van der Waals surface area contributed by atoms with Gasteiger partial charge in [0.15, 0.2) is 0 Å². The van der Waals surface area contributed by atoms with Crippen molar-refractivity contribution >= 4 is 11.4 Å². The molecule has 2 unspecified atom stereocenters. The summed E-state index contributed by atoms with van der Waals surface area (Å²) in [5.74, 6) is 4.07. The Morgan fingerprint density at radius 3 is 1.83 bits per heavy atom. The first-order chi connectivity index (χ1) is 11.5. The van der Waals surface area contributed by atoms with E-state index in [4.69, 9.17) is 11.5 Å². The quantitative estimate of drug-likeness (QED) is 0.627. The SMILES string of the molecule is CC1(C)[C](c2ccc(N)cc2)C2C=CCC2[C]1c1ccc(N)cc1. The van der Waals surface area contributed by atoms with Crippen LogP contribution in [0.25, 0.3) is 0 Å². The van der Waals surface area contributed by atoms with Crippen molar-refractivity contribution in [3.8, 4) is 0 Å². The van der Waals surface area contributed by atoms with Crippen molar-refractivity contribution in [1.29, 1.82) is 0 Å². The number of nitrogen functional groups attached to an aromatic ring is 2. The number of hydrogen-bond acceptors (Lipinski definition) is 2. The highest BCUT2D eigenvalue weighted by molar-refractivity contribution is 5.57. The summed E-state index contributed by atoms with van der Waals surface area (Å²) in [6, 6.07) is 16.7. The predicted octanol–water partition coefficient (Wildman–Crippen LogP) is 4.63. The molecule has 0 spiro atoms. The Kier molecular flexibility index (Phi) is 3.45. The maximum atomic E-state index is 5.89. The smallest absolute Gasteiger partial charge is 0.0314 e. The molecular formula is C22H24N2. The fraction of sp³-hybridized carbons (Fsp3) is 0.273. The third kappa shape index (κ3) is 2.24. The van der Waals surface area contributed by atoms with Crippen LogP contribution in [-0.2, 0) is 0 Å². The summed E-state index contributed by atoms with van der Waals surface area (Å²) < 4.78 is 0. The highest BCUT2D eigenvalue weighted by Gasteiger charge is 2.56. The average molecular weight is 316 g/mol. The number of allylic oxidation sites excluding steroid dienone is 2. The van der Waals surface area contributed by atoms with Crippen LogP contribution in [0.1, 0.15) is 31.4 Å². The molecule has 1 fully saturated rings. The van der Waals surface area contributed by atoms with Crippen LogP contribution in [0.15, 0.2) is 60.7 Å². The molecule has 24 heavy (non-hydrogen) atoms. The molecule has 2 aliphatic carbocycles. The second-order valence-electron chi connectivity index (χ2n) is 7.49. The molecule has 0 bridgehead atoms. The Balaban J connectivity index is 1.79. The van der Waals surface area contributed by atoms with Gasteiger partial charge in [-0.2, -0.15) is 0 Å². The fourth-order valence-electron chi connectivity index (χ4n) is 4.73. The van der Waals surface area contributed by atoms with E-state index >= 15 is 0 Å². The van der Waals surface area contributed by atoms with Gasteiger partial charge in [0.2, 0.25) is 0 Å². The van der Waals surface area contributed by atoms with Gasteiger partial charge in [0.25, 0.3) is 0 Å². The highest BCUT2D eigenvalue weighted by Crippen LogP contribution is 2.64. The number of anilines is 2. The molecule has 1 saturated carbocycles. The molecule has 0 heterocycles. The van der Waals surface area contributed by atoms with Gasteiger partial charge in [-0.1, -0.05) is 50.3 Å². The molecule has 2 aliphatic rings. The Hall–Kier alpha value is -2.22. The first-order valence-corrected chi connectivity index (χ1v) is 8.61. The van der Waals surface area contributed by atoms with E-state index in [1.165, 1.54) is 23.0 Å². The summed E-state index contributed by atoms with van der Waals surface area (Å²) in [4.78, 5) is 0.